The molecule has 0 radical (unpaired) electrons. The average Bonchev–Trinajstić information content (AvgIpc) is 2.41. The molecule has 116 valence electrons. The molecule has 0 atom stereocenters. The predicted molar refractivity (Wildman–Crippen MR) is 70.2 cm³/mol. The number of hydrogen-bond acceptors (Lipinski definition) is 5. The van der Waals surface area contributed by atoms with E-state index in [9.17, 15) is 19.8 Å². The van der Waals surface area contributed by atoms with Gasteiger partial charge in [0.05, 0.1) is 11.9 Å². The van der Waals surface area contributed by atoms with Crippen molar-refractivity contribution >= 4 is 11.9 Å². The number of hydrogen-bond donors (Lipinski definition) is 1. The molecule has 0 aromatic heterocycles. The maximum Gasteiger partial charge on any atom is 2.00 e. The predicted octanol–water partition coefficient (Wildman–Crippen LogP) is -0.565. The Bertz CT molecular complexity index is 470. The Morgan fingerprint density at radius 2 is 0.905 bits per heavy atom. The van der Waals surface area contributed by atoms with Crippen molar-refractivity contribution in [3.05, 3.63) is 71.8 Å². The minimum Gasteiger partial charge on any atom is -0.545 e. The van der Waals surface area contributed by atoms with Gasteiger partial charge in [-0.3, -0.25) is 0 Å². The summed E-state index contributed by atoms with van der Waals surface area (Å²) in [4.78, 5) is 20.2. The van der Waals surface area contributed by atoms with E-state index in [0.29, 0.717) is 0 Å². The fourth-order valence-corrected chi connectivity index (χ4v) is 1.15. The first-order chi connectivity index (χ1) is 8.61. The van der Waals surface area contributed by atoms with Gasteiger partial charge in [-0.1, -0.05) is 60.7 Å². The van der Waals surface area contributed by atoms with Crippen molar-refractivity contribution < 1.29 is 46.3 Å². The number of carboxylic acids is 2. The van der Waals surface area contributed by atoms with Gasteiger partial charge < -0.3 is 31.4 Å². The van der Waals surface area contributed by atoms with Crippen molar-refractivity contribution in [3.8, 4) is 0 Å². The van der Waals surface area contributed by atoms with Gasteiger partial charge in [0.1, 0.15) is 0 Å². The summed E-state index contributed by atoms with van der Waals surface area (Å²) in [7, 11) is 0. The number of carbonyl (C=O) groups excluding carboxylic acids is 2. The van der Waals surface area contributed by atoms with Gasteiger partial charge in [0, 0.05) is 0 Å². The van der Waals surface area contributed by atoms with Crippen LogP contribution in [0.4, 0.5) is 0 Å². The van der Waals surface area contributed by atoms with Gasteiger partial charge in [-0.15, -0.1) is 0 Å². The van der Waals surface area contributed by atoms with E-state index >= 15 is 0 Å². The molecule has 0 bridgehead atoms. The average molecular weight is 472 g/mol. The van der Waals surface area contributed by atoms with E-state index in [2.05, 4.69) is 0 Å². The molecule has 0 saturated carbocycles. The van der Waals surface area contributed by atoms with Crippen molar-refractivity contribution in [2.24, 2.45) is 0 Å². The number of carbonyl (C=O) groups is 2. The van der Waals surface area contributed by atoms with Crippen LogP contribution >= 0.6 is 0 Å². The van der Waals surface area contributed by atoms with E-state index in [1.165, 1.54) is 24.3 Å². The molecule has 0 amide bonds. The first-order valence-corrected chi connectivity index (χ1v) is 5.14. The molecule has 0 aliphatic heterocycles. The van der Waals surface area contributed by atoms with E-state index in [1.807, 2.05) is 0 Å². The molecule has 0 unspecified atom stereocenters. The molecule has 2 aromatic rings. The standard InChI is InChI=1S/2C7H6O2.H3N.H2O.Pt/c2*8-7(9)6-4-2-1-3-5-6;;;/h2*1-5H,(H,8,9);1H3;1H2;/q;;;;+2/p-2. The van der Waals surface area contributed by atoms with Gasteiger partial charge in [0.15, 0.2) is 0 Å². The number of carboxylic acid groups (broad SMARTS) is 2. The minimum atomic E-state index is -1.13. The second kappa shape index (κ2) is 13.0. The third-order valence-corrected chi connectivity index (χ3v) is 2.02. The fourth-order valence-electron chi connectivity index (χ4n) is 1.15. The summed E-state index contributed by atoms with van der Waals surface area (Å²) in [5.41, 5.74) is 0.440. The van der Waals surface area contributed by atoms with Gasteiger partial charge in [0.2, 0.25) is 0 Å². The second-order valence-electron chi connectivity index (χ2n) is 3.31. The second-order valence-corrected chi connectivity index (χ2v) is 3.31. The molecule has 0 heterocycles. The zero-order valence-electron chi connectivity index (χ0n) is 10.9. The third-order valence-electron chi connectivity index (χ3n) is 2.02. The van der Waals surface area contributed by atoms with Crippen LogP contribution in [0, 0.1) is 0 Å². The third kappa shape index (κ3) is 9.51. The van der Waals surface area contributed by atoms with Crippen molar-refractivity contribution in [2.45, 2.75) is 0 Å². The molecule has 2 rings (SSSR count). The Balaban J connectivity index is -0.000000270. The first-order valence-electron chi connectivity index (χ1n) is 5.14. The SMILES string of the molecule is N.O.O=C([O-])c1ccccc1.O=C([O-])c1ccccc1.[Pt+2]. The largest absolute Gasteiger partial charge is 2.00 e. The first kappa shape index (κ1) is 24.0. The van der Waals surface area contributed by atoms with Crippen LogP contribution in [0.15, 0.2) is 60.7 Å². The number of benzene rings is 2. The maximum absolute atomic E-state index is 10.1. The Hall–Kier alpha value is -2.01. The van der Waals surface area contributed by atoms with Crippen molar-refractivity contribution in [2.75, 3.05) is 0 Å². The Labute approximate surface area is 136 Å². The molecule has 7 heteroatoms. The van der Waals surface area contributed by atoms with Crippen LogP contribution in [0.2, 0.25) is 0 Å². The monoisotopic (exact) mass is 472 g/mol. The van der Waals surface area contributed by atoms with Gasteiger partial charge in [-0.05, 0) is 11.1 Å². The molecule has 0 aliphatic carbocycles. The molecular formula is C14H15NO5Pt. The number of rotatable bonds is 2. The molecule has 5 N–H and O–H groups in total. The topological polar surface area (TPSA) is 147 Å². The molecule has 0 fully saturated rings. The van der Waals surface area contributed by atoms with E-state index < -0.39 is 11.9 Å². The quantitative estimate of drug-likeness (QED) is 0.622. The zero-order chi connectivity index (χ0) is 13.4. The smallest absolute Gasteiger partial charge is 0.545 e. The molecule has 2 aromatic carbocycles. The van der Waals surface area contributed by atoms with Gasteiger partial charge in [-0.25, -0.2) is 0 Å². The summed E-state index contributed by atoms with van der Waals surface area (Å²) in [6.07, 6.45) is 0. The van der Waals surface area contributed by atoms with Crippen LogP contribution in [0.1, 0.15) is 20.7 Å². The maximum atomic E-state index is 10.1. The summed E-state index contributed by atoms with van der Waals surface area (Å²) in [5.74, 6) is -2.26. The molecule has 0 saturated heterocycles. The van der Waals surface area contributed by atoms with Crippen molar-refractivity contribution in [1.82, 2.24) is 6.15 Å². The van der Waals surface area contributed by atoms with Gasteiger partial charge in [0.25, 0.3) is 0 Å². The Morgan fingerprint density at radius 3 is 1.05 bits per heavy atom. The zero-order valence-corrected chi connectivity index (χ0v) is 13.2. The minimum absolute atomic E-state index is 0. The van der Waals surface area contributed by atoms with Crippen LogP contribution in [-0.2, 0) is 21.1 Å². The van der Waals surface area contributed by atoms with E-state index in [1.54, 1.807) is 36.4 Å². The summed E-state index contributed by atoms with van der Waals surface area (Å²) < 4.78 is 0. The Kier molecular flexibility index (Phi) is 14.9. The van der Waals surface area contributed by atoms with E-state index in [4.69, 9.17) is 0 Å². The van der Waals surface area contributed by atoms with Gasteiger partial charge in [-0.2, -0.15) is 0 Å². The molecule has 0 aliphatic rings. The van der Waals surface area contributed by atoms with Crippen LogP contribution in [-0.4, -0.2) is 17.4 Å². The summed E-state index contributed by atoms with van der Waals surface area (Å²) in [6.45, 7) is 0. The fraction of sp³-hybridized carbons (Fsp3) is 0. The van der Waals surface area contributed by atoms with Crippen LogP contribution < -0.4 is 16.4 Å². The van der Waals surface area contributed by atoms with E-state index in [-0.39, 0.29) is 43.8 Å². The van der Waals surface area contributed by atoms with Crippen molar-refractivity contribution in [3.63, 3.8) is 0 Å². The number of aromatic carboxylic acids is 2. The molecule has 21 heavy (non-hydrogen) atoms. The summed E-state index contributed by atoms with van der Waals surface area (Å²) >= 11 is 0. The van der Waals surface area contributed by atoms with Crippen molar-refractivity contribution in [1.29, 1.82) is 0 Å². The van der Waals surface area contributed by atoms with Crippen LogP contribution in [0.25, 0.3) is 0 Å². The normalized spacial score (nSPS) is 7.62. The Morgan fingerprint density at radius 1 is 0.667 bits per heavy atom. The summed E-state index contributed by atoms with van der Waals surface area (Å²) in [5, 5.41) is 20.2. The molecule has 6 nitrogen and oxygen atoms in total. The summed E-state index contributed by atoms with van der Waals surface area (Å²) in [6, 6.07) is 16.1. The van der Waals surface area contributed by atoms with Crippen LogP contribution in [0.5, 0.6) is 0 Å². The van der Waals surface area contributed by atoms with Gasteiger partial charge >= 0.3 is 21.1 Å². The van der Waals surface area contributed by atoms with E-state index in [0.717, 1.165) is 0 Å². The molecular weight excluding hydrogens is 457 g/mol. The molecule has 0 spiro atoms. The van der Waals surface area contributed by atoms with Crippen LogP contribution in [0.3, 0.4) is 0 Å².